The standard InChI is InChI=1S/C15H20N2O4Si.C10H10N2O3/c1-10(18)16-13-11(7-8-22(4,5)6)9-12(15(19)21-3)14(17-13)20-2;1-14-9-7(10(13)15-2)5-6-3-4-11-8(6)12-9/h9H,1-6H3,(H,16,17,18);3-5H,1-2H3,(H,11,12). The minimum absolute atomic E-state index is 0.0779. The third-order valence-electron chi connectivity index (χ3n) is 4.55. The summed E-state index contributed by atoms with van der Waals surface area (Å²) >= 11 is 0. The maximum Gasteiger partial charge on any atom is 0.343 e. The van der Waals surface area contributed by atoms with E-state index in [4.69, 9.17) is 14.2 Å². The van der Waals surface area contributed by atoms with Gasteiger partial charge in [-0.3, -0.25) is 4.79 Å². The monoisotopic (exact) mass is 526 g/mol. The molecule has 37 heavy (non-hydrogen) atoms. The molecule has 3 rings (SSSR count). The van der Waals surface area contributed by atoms with Gasteiger partial charge in [0.05, 0.1) is 34.0 Å². The van der Waals surface area contributed by atoms with Crippen LogP contribution in [-0.2, 0) is 14.3 Å². The number of ether oxygens (including phenoxy) is 4. The fourth-order valence-corrected chi connectivity index (χ4v) is 3.41. The number of fused-ring (bicyclic) bond motifs is 1. The second-order valence-corrected chi connectivity index (χ2v) is 13.3. The first-order valence-electron chi connectivity index (χ1n) is 11.0. The molecule has 0 radical (unpaired) electrons. The Morgan fingerprint density at radius 2 is 1.49 bits per heavy atom. The van der Waals surface area contributed by atoms with E-state index in [2.05, 4.69) is 56.1 Å². The van der Waals surface area contributed by atoms with E-state index in [1.807, 2.05) is 6.07 Å². The second-order valence-electron chi connectivity index (χ2n) is 8.57. The lowest BCUT2D eigenvalue weighted by atomic mass is 10.2. The molecule has 3 heterocycles. The minimum Gasteiger partial charge on any atom is -0.480 e. The van der Waals surface area contributed by atoms with E-state index in [-0.39, 0.29) is 29.0 Å². The molecule has 3 aromatic rings. The number of esters is 2. The van der Waals surface area contributed by atoms with Gasteiger partial charge < -0.3 is 29.2 Å². The van der Waals surface area contributed by atoms with Crippen LogP contribution in [0.2, 0.25) is 19.6 Å². The van der Waals surface area contributed by atoms with Crippen molar-refractivity contribution in [3.8, 4) is 23.2 Å². The summed E-state index contributed by atoms with van der Waals surface area (Å²) in [7, 11) is 3.82. The molecule has 0 aliphatic carbocycles. The molecule has 0 aromatic carbocycles. The van der Waals surface area contributed by atoms with E-state index < -0.39 is 20.0 Å². The summed E-state index contributed by atoms with van der Waals surface area (Å²) in [5, 5.41) is 3.44. The van der Waals surface area contributed by atoms with Gasteiger partial charge in [-0.1, -0.05) is 25.6 Å². The van der Waals surface area contributed by atoms with Gasteiger partial charge in [0.2, 0.25) is 17.7 Å². The molecule has 0 saturated heterocycles. The molecule has 0 unspecified atom stereocenters. The van der Waals surface area contributed by atoms with E-state index in [1.165, 1.54) is 41.4 Å². The van der Waals surface area contributed by atoms with E-state index in [1.54, 1.807) is 12.3 Å². The van der Waals surface area contributed by atoms with Crippen LogP contribution in [0.25, 0.3) is 11.0 Å². The molecule has 0 atom stereocenters. The van der Waals surface area contributed by atoms with E-state index >= 15 is 0 Å². The largest absolute Gasteiger partial charge is 0.480 e. The Balaban J connectivity index is 0.000000278. The Hall–Kier alpha value is -4.37. The van der Waals surface area contributed by atoms with Crippen molar-refractivity contribution in [2.75, 3.05) is 33.8 Å². The third kappa shape index (κ3) is 7.81. The fourth-order valence-electron chi connectivity index (χ4n) is 2.90. The lowest BCUT2D eigenvalue weighted by molar-refractivity contribution is -0.114. The van der Waals surface area contributed by atoms with Gasteiger partial charge in [0.15, 0.2) is 5.82 Å². The van der Waals surface area contributed by atoms with Gasteiger partial charge >= 0.3 is 11.9 Å². The Labute approximate surface area is 215 Å². The van der Waals surface area contributed by atoms with Crippen LogP contribution in [0.4, 0.5) is 5.82 Å². The SMILES string of the molecule is COC(=O)c1cc(C#C[Si](C)(C)C)c(NC(C)=O)nc1OC.COC(=O)c1cc2cc[nH]c2nc1OC. The number of nitrogens with zero attached hydrogens (tertiary/aromatic N) is 2. The van der Waals surface area contributed by atoms with Crippen LogP contribution >= 0.6 is 0 Å². The van der Waals surface area contributed by atoms with Gasteiger partial charge in [-0.15, -0.1) is 5.54 Å². The van der Waals surface area contributed by atoms with E-state index in [9.17, 15) is 14.4 Å². The van der Waals surface area contributed by atoms with Crippen LogP contribution in [-0.4, -0.2) is 69.3 Å². The Kier molecular flexibility index (Phi) is 9.79. The number of amides is 1. The van der Waals surface area contributed by atoms with Gasteiger partial charge in [0.1, 0.15) is 24.8 Å². The van der Waals surface area contributed by atoms with Crippen LogP contribution in [0.3, 0.4) is 0 Å². The number of carbonyl (C=O) groups excluding carboxylic acids is 3. The average Bonchev–Trinajstić information content (AvgIpc) is 3.32. The summed E-state index contributed by atoms with van der Waals surface area (Å²) in [4.78, 5) is 45.8. The van der Waals surface area contributed by atoms with Crippen LogP contribution in [0.15, 0.2) is 24.4 Å². The van der Waals surface area contributed by atoms with Crippen LogP contribution < -0.4 is 14.8 Å². The van der Waals surface area contributed by atoms with Crippen molar-refractivity contribution in [2.45, 2.75) is 26.6 Å². The summed E-state index contributed by atoms with van der Waals surface area (Å²) in [6, 6.07) is 5.04. The van der Waals surface area contributed by atoms with Crippen molar-refractivity contribution in [3.05, 3.63) is 41.1 Å². The number of rotatable bonds is 5. The first-order valence-corrected chi connectivity index (χ1v) is 14.5. The summed E-state index contributed by atoms with van der Waals surface area (Å²) in [6.45, 7) is 7.65. The molecular weight excluding hydrogens is 496 g/mol. The van der Waals surface area contributed by atoms with Crippen molar-refractivity contribution in [1.82, 2.24) is 15.0 Å². The van der Waals surface area contributed by atoms with Gasteiger partial charge in [-0.2, -0.15) is 9.97 Å². The van der Waals surface area contributed by atoms with E-state index in [0.29, 0.717) is 16.8 Å². The van der Waals surface area contributed by atoms with Crippen LogP contribution in [0.5, 0.6) is 11.8 Å². The number of hydrogen-bond acceptors (Lipinski definition) is 9. The fraction of sp³-hybridized carbons (Fsp3) is 0.320. The first kappa shape index (κ1) is 28.9. The maximum absolute atomic E-state index is 11.8. The molecule has 3 aromatic heterocycles. The number of aromatic amines is 1. The van der Waals surface area contributed by atoms with Gasteiger partial charge in [-0.25, -0.2) is 9.59 Å². The molecule has 196 valence electrons. The zero-order valence-corrected chi connectivity index (χ0v) is 23.1. The lowest BCUT2D eigenvalue weighted by Gasteiger charge is -2.11. The summed E-state index contributed by atoms with van der Waals surface area (Å²) in [5.41, 5.74) is 4.81. The molecule has 11 nitrogen and oxygen atoms in total. The molecule has 0 aliphatic heterocycles. The zero-order chi connectivity index (χ0) is 27.8. The maximum atomic E-state index is 11.8. The third-order valence-corrected chi connectivity index (χ3v) is 5.43. The number of aromatic nitrogens is 3. The highest BCUT2D eigenvalue weighted by molar-refractivity contribution is 6.83. The molecule has 0 saturated carbocycles. The number of H-pyrrole nitrogens is 1. The highest BCUT2D eigenvalue weighted by Gasteiger charge is 2.19. The van der Waals surface area contributed by atoms with E-state index in [0.717, 1.165) is 5.39 Å². The van der Waals surface area contributed by atoms with Gasteiger partial charge in [0, 0.05) is 18.5 Å². The Morgan fingerprint density at radius 1 is 0.919 bits per heavy atom. The smallest absolute Gasteiger partial charge is 0.343 e. The summed E-state index contributed by atoms with van der Waals surface area (Å²) in [6.07, 6.45) is 1.75. The molecule has 0 fully saturated rings. The normalized spacial score (nSPS) is 10.3. The topological polar surface area (TPSA) is 142 Å². The quantitative estimate of drug-likeness (QED) is 0.290. The molecule has 0 spiro atoms. The van der Waals surface area contributed by atoms with Crippen LogP contribution in [0.1, 0.15) is 33.2 Å². The highest BCUT2D eigenvalue weighted by atomic mass is 28.3. The van der Waals surface area contributed by atoms with Crippen molar-refractivity contribution in [1.29, 1.82) is 0 Å². The molecule has 0 bridgehead atoms. The Bertz CT molecular complexity index is 1370. The number of carbonyl (C=O) groups is 3. The average molecular weight is 527 g/mol. The number of hydrogen-bond donors (Lipinski definition) is 2. The lowest BCUT2D eigenvalue weighted by Crippen LogP contribution is -2.17. The van der Waals surface area contributed by atoms with Gasteiger partial charge in [-0.05, 0) is 18.2 Å². The first-order chi connectivity index (χ1) is 17.4. The summed E-state index contributed by atoms with van der Waals surface area (Å²) < 4.78 is 19.5. The van der Waals surface area contributed by atoms with Crippen molar-refractivity contribution in [2.24, 2.45) is 0 Å². The molecule has 0 aliphatic rings. The molecular formula is C25H30N4O7Si. The summed E-state index contributed by atoms with van der Waals surface area (Å²) in [5.74, 6) is 2.29. The number of nitrogens with one attached hydrogen (secondary N) is 2. The number of methoxy groups -OCH3 is 4. The van der Waals surface area contributed by atoms with Gasteiger partial charge in [0.25, 0.3) is 0 Å². The second kappa shape index (κ2) is 12.5. The predicted octanol–water partition coefficient (Wildman–Crippen LogP) is 3.42. The highest BCUT2D eigenvalue weighted by Crippen LogP contribution is 2.24. The van der Waals surface area contributed by atoms with Crippen LogP contribution in [0, 0.1) is 11.5 Å². The predicted molar refractivity (Wildman–Crippen MR) is 141 cm³/mol. The Morgan fingerprint density at radius 3 is 2.00 bits per heavy atom. The molecule has 1 amide bonds. The number of anilines is 1. The van der Waals surface area contributed by atoms with Crippen molar-refractivity contribution < 1.29 is 33.3 Å². The number of pyridine rings is 2. The molecule has 2 N–H and O–H groups in total. The molecule has 12 heteroatoms. The minimum atomic E-state index is -1.63. The van der Waals surface area contributed by atoms with Crippen molar-refractivity contribution in [3.63, 3.8) is 0 Å². The van der Waals surface area contributed by atoms with Crippen molar-refractivity contribution >= 4 is 42.8 Å². The zero-order valence-electron chi connectivity index (χ0n) is 22.1.